The Morgan fingerprint density at radius 1 is 1.28 bits per heavy atom. The number of rotatable bonds is 5. The van der Waals surface area contributed by atoms with Gasteiger partial charge in [-0.3, -0.25) is 9.69 Å². The largest absolute Gasteiger partial charge is 0.497 e. The van der Waals surface area contributed by atoms with E-state index in [1.165, 1.54) is 43.2 Å². The molecule has 1 aliphatic heterocycles. The standard InChI is InChI=1S/C21H30N2O2/c1-23-15-17-9-10-20(25-2)13-18(17)12-19(23)14-22-21(24)11-8-16-6-4-3-5-7-16/h8-11,13,16,19H,3-7,12,14-15H2,1-2H3,(H,22,24)/t19-/m0/s1. The Kier molecular flexibility index (Phi) is 6.14. The molecule has 1 atom stereocenters. The molecule has 1 fully saturated rings. The SMILES string of the molecule is COc1ccc2c(c1)C[C@@H](CNC(=O)C=CC1CCCCC1)N(C)C2. The Hall–Kier alpha value is -1.81. The number of hydrogen-bond donors (Lipinski definition) is 1. The van der Waals surface area contributed by atoms with Gasteiger partial charge in [0.15, 0.2) is 0 Å². The smallest absolute Gasteiger partial charge is 0.243 e. The average Bonchev–Trinajstić information content (AvgIpc) is 2.65. The van der Waals surface area contributed by atoms with E-state index in [2.05, 4.69) is 35.5 Å². The molecule has 1 saturated carbocycles. The van der Waals surface area contributed by atoms with Crippen LogP contribution in [0, 0.1) is 5.92 Å². The van der Waals surface area contributed by atoms with Gasteiger partial charge >= 0.3 is 0 Å². The Balaban J connectivity index is 1.52. The van der Waals surface area contributed by atoms with Crippen LogP contribution in [0.1, 0.15) is 43.2 Å². The Labute approximate surface area is 151 Å². The zero-order valence-electron chi connectivity index (χ0n) is 15.5. The Morgan fingerprint density at radius 2 is 2.08 bits per heavy atom. The zero-order chi connectivity index (χ0) is 17.6. The van der Waals surface area contributed by atoms with E-state index in [1.807, 2.05) is 6.07 Å². The molecule has 4 nitrogen and oxygen atoms in total. The molecular formula is C21H30N2O2. The van der Waals surface area contributed by atoms with Crippen molar-refractivity contribution in [3.63, 3.8) is 0 Å². The second-order valence-electron chi connectivity index (χ2n) is 7.41. The second kappa shape index (κ2) is 8.52. The molecule has 0 spiro atoms. The number of nitrogens with zero attached hydrogens (tertiary/aromatic N) is 1. The lowest BCUT2D eigenvalue weighted by Gasteiger charge is -2.34. The lowest BCUT2D eigenvalue weighted by Crippen LogP contribution is -2.45. The minimum Gasteiger partial charge on any atom is -0.497 e. The molecule has 1 N–H and O–H groups in total. The third-order valence-corrected chi connectivity index (χ3v) is 5.59. The molecule has 1 aromatic rings. The fraction of sp³-hybridized carbons (Fsp3) is 0.571. The van der Waals surface area contributed by atoms with Crippen LogP contribution in [0.25, 0.3) is 0 Å². The molecule has 25 heavy (non-hydrogen) atoms. The van der Waals surface area contributed by atoms with Crippen LogP contribution in [-0.4, -0.2) is 37.6 Å². The van der Waals surface area contributed by atoms with Gasteiger partial charge in [-0.25, -0.2) is 0 Å². The van der Waals surface area contributed by atoms with E-state index < -0.39 is 0 Å². The molecule has 1 amide bonds. The first kappa shape index (κ1) is 18.0. The molecule has 0 saturated heterocycles. The molecule has 0 bridgehead atoms. The van der Waals surface area contributed by atoms with E-state index in [-0.39, 0.29) is 5.91 Å². The molecule has 2 aliphatic rings. The van der Waals surface area contributed by atoms with Gasteiger partial charge in [0.05, 0.1) is 7.11 Å². The van der Waals surface area contributed by atoms with Crippen LogP contribution < -0.4 is 10.1 Å². The van der Waals surface area contributed by atoms with E-state index in [1.54, 1.807) is 13.2 Å². The third-order valence-electron chi connectivity index (χ3n) is 5.59. The predicted octanol–water partition coefficient (Wildman–Crippen LogP) is 3.30. The summed E-state index contributed by atoms with van der Waals surface area (Å²) < 4.78 is 5.34. The summed E-state index contributed by atoms with van der Waals surface area (Å²) in [5.41, 5.74) is 2.68. The third kappa shape index (κ3) is 4.85. The number of carbonyl (C=O) groups excluding carboxylic acids is 1. The number of allylic oxidation sites excluding steroid dienone is 1. The lowest BCUT2D eigenvalue weighted by molar-refractivity contribution is -0.116. The van der Waals surface area contributed by atoms with Crippen molar-refractivity contribution in [3.05, 3.63) is 41.5 Å². The molecular weight excluding hydrogens is 312 g/mol. The van der Waals surface area contributed by atoms with Gasteiger partial charge in [-0.05, 0) is 61.6 Å². The maximum absolute atomic E-state index is 12.1. The number of ether oxygens (including phenoxy) is 1. The summed E-state index contributed by atoms with van der Waals surface area (Å²) >= 11 is 0. The Bertz CT molecular complexity index is 620. The van der Waals surface area contributed by atoms with Crippen molar-refractivity contribution in [1.29, 1.82) is 0 Å². The van der Waals surface area contributed by atoms with E-state index in [0.717, 1.165) is 18.7 Å². The summed E-state index contributed by atoms with van der Waals surface area (Å²) in [5, 5.41) is 3.08. The maximum Gasteiger partial charge on any atom is 0.243 e. The average molecular weight is 342 g/mol. The van der Waals surface area contributed by atoms with E-state index in [9.17, 15) is 4.79 Å². The zero-order valence-corrected chi connectivity index (χ0v) is 15.5. The van der Waals surface area contributed by atoms with Crippen molar-refractivity contribution >= 4 is 5.91 Å². The van der Waals surface area contributed by atoms with Crippen LogP contribution in [0.3, 0.4) is 0 Å². The highest BCUT2D eigenvalue weighted by atomic mass is 16.5. The normalized spacial score (nSPS) is 21.9. The minimum absolute atomic E-state index is 0.0374. The predicted molar refractivity (Wildman–Crippen MR) is 101 cm³/mol. The minimum atomic E-state index is 0.0374. The lowest BCUT2D eigenvalue weighted by atomic mass is 9.89. The van der Waals surface area contributed by atoms with Crippen molar-refractivity contribution < 1.29 is 9.53 Å². The summed E-state index contributed by atoms with van der Waals surface area (Å²) in [5.74, 6) is 1.54. The van der Waals surface area contributed by atoms with Gasteiger partial charge in [0.2, 0.25) is 5.91 Å². The molecule has 1 aromatic carbocycles. The van der Waals surface area contributed by atoms with Crippen molar-refractivity contribution in [1.82, 2.24) is 10.2 Å². The van der Waals surface area contributed by atoms with Crippen LogP contribution >= 0.6 is 0 Å². The number of fused-ring (bicyclic) bond motifs is 1. The van der Waals surface area contributed by atoms with Crippen LogP contribution in [0.2, 0.25) is 0 Å². The van der Waals surface area contributed by atoms with Crippen LogP contribution in [0.4, 0.5) is 0 Å². The van der Waals surface area contributed by atoms with Gasteiger partial charge < -0.3 is 10.1 Å². The maximum atomic E-state index is 12.1. The van der Waals surface area contributed by atoms with E-state index in [0.29, 0.717) is 18.5 Å². The van der Waals surface area contributed by atoms with Gasteiger partial charge in [-0.15, -0.1) is 0 Å². The summed E-state index contributed by atoms with van der Waals surface area (Å²) in [6.07, 6.45) is 11.2. The van der Waals surface area contributed by atoms with Gasteiger partial charge in [-0.1, -0.05) is 31.4 Å². The van der Waals surface area contributed by atoms with Gasteiger partial charge in [0, 0.05) is 19.1 Å². The van der Waals surface area contributed by atoms with Crippen molar-refractivity contribution in [2.75, 3.05) is 20.7 Å². The summed E-state index contributed by atoms with van der Waals surface area (Å²) in [4.78, 5) is 14.5. The molecule has 136 valence electrons. The summed E-state index contributed by atoms with van der Waals surface area (Å²) in [6.45, 7) is 1.60. The molecule has 4 heteroatoms. The first-order valence-electron chi connectivity index (χ1n) is 9.48. The first-order chi connectivity index (χ1) is 12.2. The van der Waals surface area contributed by atoms with Crippen molar-refractivity contribution in [3.8, 4) is 5.75 Å². The Morgan fingerprint density at radius 3 is 2.84 bits per heavy atom. The number of amides is 1. The molecule has 0 aromatic heterocycles. The quantitative estimate of drug-likeness (QED) is 0.835. The number of likely N-dealkylation sites (N-methyl/N-ethyl adjacent to an activating group) is 1. The highest BCUT2D eigenvalue weighted by molar-refractivity contribution is 5.87. The topological polar surface area (TPSA) is 41.6 Å². The van der Waals surface area contributed by atoms with Crippen LogP contribution in [-0.2, 0) is 17.8 Å². The highest BCUT2D eigenvalue weighted by Crippen LogP contribution is 2.26. The number of hydrogen-bond acceptors (Lipinski definition) is 3. The van der Waals surface area contributed by atoms with Crippen LogP contribution in [0.15, 0.2) is 30.4 Å². The second-order valence-corrected chi connectivity index (χ2v) is 7.41. The van der Waals surface area contributed by atoms with E-state index >= 15 is 0 Å². The molecule has 1 aliphatic carbocycles. The van der Waals surface area contributed by atoms with Gasteiger partial charge in [0.25, 0.3) is 0 Å². The summed E-state index contributed by atoms with van der Waals surface area (Å²) in [7, 11) is 3.83. The fourth-order valence-corrected chi connectivity index (χ4v) is 3.94. The summed E-state index contributed by atoms with van der Waals surface area (Å²) in [6, 6.07) is 6.61. The number of carbonyl (C=O) groups is 1. The molecule has 3 rings (SSSR count). The number of nitrogens with one attached hydrogen (secondary N) is 1. The van der Waals surface area contributed by atoms with Gasteiger partial charge in [-0.2, -0.15) is 0 Å². The van der Waals surface area contributed by atoms with E-state index in [4.69, 9.17) is 4.74 Å². The van der Waals surface area contributed by atoms with Crippen molar-refractivity contribution in [2.45, 2.75) is 51.1 Å². The number of methoxy groups -OCH3 is 1. The molecule has 0 radical (unpaired) electrons. The van der Waals surface area contributed by atoms with Crippen LogP contribution in [0.5, 0.6) is 5.75 Å². The van der Waals surface area contributed by atoms with Gasteiger partial charge in [0.1, 0.15) is 5.75 Å². The highest BCUT2D eigenvalue weighted by Gasteiger charge is 2.23. The number of benzene rings is 1. The molecule has 1 heterocycles. The first-order valence-corrected chi connectivity index (χ1v) is 9.48. The molecule has 0 unspecified atom stereocenters. The van der Waals surface area contributed by atoms with Crippen molar-refractivity contribution in [2.24, 2.45) is 5.92 Å². The fourth-order valence-electron chi connectivity index (χ4n) is 3.94. The monoisotopic (exact) mass is 342 g/mol.